The molecule has 0 aliphatic carbocycles. The predicted octanol–water partition coefficient (Wildman–Crippen LogP) is 1.85. The Morgan fingerprint density at radius 2 is 2.25 bits per heavy atom. The molecule has 0 unspecified atom stereocenters. The van der Waals surface area contributed by atoms with Crippen LogP contribution in [0.4, 0.5) is 0 Å². The van der Waals surface area contributed by atoms with E-state index in [-0.39, 0.29) is 22.9 Å². The Morgan fingerprint density at radius 1 is 1.55 bits per heavy atom. The van der Waals surface area contributed by atoms with Crippen LogP contribution in [0.2, 0.25) is 0 Å². The maximum absolute atomic E-state index is 12.5. The molecule has 1 heterocycles. The topological polar surface area (TPSA) is 87.5 Å². The second-order valence-electron chi connectivity index (χ2n) is 3.96. The number of nitriles is 1. The zero-order valence-corrected chi connectivity index (χ0v) is 13.0. The highest BCUT2D eigenvalue weighted by atomic mass is 32.2. The number of carbonyl (C=O) groups is 1. The molecule has 20 heavy (non-hydrogen) atoms. The van der Waals surface area contributed by atoms with Gasteiger partial charge in [0, 0.05) is 6.54 Å². The fourth-order valence-electron chi connectivity index (χ4n) is 1.58. The van der Waals surface area contributed by atoms with Crippen LogP contribution in [0.1, 0.15) is 29.4 Å². The standard InChI is InChI=1S/C12H16N2O4S2/c1-3-4-7-14(8-6-13)20(16,17)10-5-9-19-11(10)12(15)18-2/h5,9H,3-4,7-8H2,1-2H3. The molecule has 0 aromatic carbocycles. The number of nitrogens with zero attached hydrogens (tertiary/aromatic N) is 2. The Kier molecular flexibility index (Phi) is 6.13. The summed E-state index contributed by atoms with van der Waals surface area (Å²) < 4.78 is 30.7. The number of thiophene rings is 1. The van der Waals surface area contributed by atoms with Gasteiger partial charge < -0.3 is 4.74 Å². The lowest BCUT2D eigenvalue weighted by molar-refractivity contribution is 0.0602. The molecule has 1 aromatic rings. The molecule has 0 bridgehead atoms. The molecule has 0 aliphatic heterocycles. The van der Waals surface area contributed by atoms with Gasteiger partial charge in [-0.3, -0.25) is 0 Å². The smallest absolute Gasteiger partial charge is 0.349 e. The number of rotatable bonds is 7. The Hall–Kier alpha value is -1.43. The first-order valence-corrected chi connectivity index (χ1v) is 8.33. The van der Waals surface area contributed by atoms with Crippen molar-refractivity contribution in [3.8, 4) is 6.07 Å². The lowest BCUT2D eigenvalue weighted by Crippen LogP contribution is -2.33. The summed E-state index contributed by atoms with van der Waals surface area (Å²) in [5.74, 6) is -0.689. The van der Waals surface area contributed by atoms with Crippen LogP contribution in [-0.2, 0) is 14.8 Å². The SMILES string of the molecule is CCCCN(CC#N)S(=O)(=O)c1ccsc1C(=O)OC. The summed E-state index contributed by atoms with van der Waals surface area (Å²) in [6.45, 7) is 1.95. The van der Waals surface area contributed by atoms with Crippen LogP contribution in [0.3, 0.4) is 0 Å². The molecule has 1 rings (SSSR count). The van der Waals surface area contributed by atoms with Crippen LogP contribution in [0, 0.1) is 11.3 Å². The number of hydrogen-bond acceptors (Lipinski definition) is 6. The second-order valence-corrected chi connectivity index (χ2v) is 6.78. The Bertz CT molecular complexity index is 601. The van der Waals surface area contributed by atoms with Gasteiger partial charge in [0.05, 0.1) is 13.2 Å². The van der Waals surface area contributed by atoms with Gasteiger partial charge >= 0.3 is 5.97 Å². The molecule has 0 amide bonds. The maximum atomic E-state index is 12.5. The van der Waals surface area contributed by atoms with E-state index < -0.39 is 16.0 Å². The molecule has 0 spiro atoms. The third-order valence-corrected chi connectivity index (χ3v) is 5.54. The van der Waals surface area contributed by atoms with Crippen LogP contribution < -0.4 is 0 Å². The lowest BCUT2D eigenvalue weighted by Gasteiger charge is -2.18. The fraction of sp³-hybridized carbons (Fsp3) is 0.500. The van der Waals surface area contributed by atoms with E-state index in [1.54, 1.807) is 0 Å². The van der Waals surface area contributed by atoms with E-state index in [9.17, 15) is 13.2 Å². The molecule has 0 saturated carbocycles. The van der Waals surface area contributed by atoms with Crippen molar-refractivity contribution < 1.29 is 17.9 Å². The van der Waals surface area contributed by atoms with Gasteiger partial charge in [-0.25, -0.2) is 13.2 Å². The van der Waals surface area contributed by atoms with Gasteiger partial charge in [-0.15, -0.1) is 11.3 Å². The van der Waals surface area contributed by atoms with E-state index >= 15 is 0 Å². The molecule has 6 nitrogen and oxygen atoms in total. The normalized spacial score (nSPS) is 11.3. The molecule has 0 radical (unpaired) electrons. The van der Waals surface area contributed by atoms with E-state index in [0.29, 0.717) is 6.42 Å². The lowest BCUT2D eigenvalue weighted by atomic mass is 10.3. The largest absolute Gasteiger partial charge is 0.465 e. The summed E-state index contributed by atoms with van der Waals surface area (Å²) in [5.41, 5.74) is 0. The Labute approximate surface area is 122 Å². The van der Waals surface area contributed by atoms with E-state index in [2.05, 4.69) is 4.74 Å². The van der Waals surface area contributed by atoms with Gasteiger partial charge in [-0.1, -0.05) is 13.3 Å². The van der Waals surface area contributed by atoms with Crippen molar-refractivity contribution in [1.82, 2.24) is 4.31 Å². The molecular weight excluding hydrogens is 300 g/mol. The highest BCUT2D eigenvalue weighted by Crippen LogP contribution is 2.26. The first-order valence-electron chi connectivity index (χ1n) is 6.02. The number of hydrogen-bond donors (Lipinski definition) is 0. The van der Waals surface area contributed by atoms with Crippen LogP contribution >= 0.6 is 11.3 Å². The zero-order valence-electron chi connectivity index (χ0n) is 11.3. The molecule has 0 atom stereocenters. The van der Waals surface area contributed by atoms with E-state index in [0.717, 1.165) is 22.1 Å². The van der Waals surface area contributed by atoms with Crippen LogP contribution in [0.15, 0.2) is 16.3 Å². The number of sulfonamides is 1. The molecule has 0 aliphatic rings. The molecule has 0 N–H and O–H groups in total. The predicted molar refractivity (Wildman–Crippen MR) is 74.9 cm³/mol. The van der Waals surface area contributed by atoms with Gasteiger partial charge in [-0.05, 0) is 17.9 Å². The zero-order chi connectivity index (χ0) is 15.2. The number of carbonyl (C=O) groups excluding carboxylic acids is 1. The summed E-state index contributed by atoms with van der Waals surface area (Å²) >= 11 is 1.01. The first kappa shape index (κ1) is 16.6. The Balaban J connectivity index is 3.17. The molecule has 0 saturated heterocycles. The van der Waals surface area contributed by atoms with Gasteiger partial charge in [-0.2, -0.15) is 9.57 Å². The molecule has 110 valence electrons. The second kappa shape index (κ2) is 7.38. The molecule has 1 aromatic heterocycles. The third-order valence-electron chi connectivity index (χ3n) is 2.63. The summed E-state index contributed by atoms with van der Waals surface area (Å²) in [6, 6.07) is 3.21. The van der Waals surface area contributed by atoms with Crippen molar-refractivity contribution in [2.24, 2.45) is 0 Å². The minimum absolute atomic E-state index is 0.0342. The average Bonchev–Trinajstić information content (AvgIpc) is 2.92. The van der Waals surface area contributed by atoms with E-state index in [4.69, 9.17) is 5.26 Å². The highest BCUT2D eigenvalue weighted by molar-refractivity contribution is 7.89. The van der Waals surface area contributed by atoms with Crippen molar-refractivity contribution in [3.63, 3.8) is 0 Å². The Morgan fingerprint density at radius 3 is 2.80 bits per heavy atom. The molecule has 0 fully saturated rings. The minimum Gasteiger partial charge on any atom is -0.465 e. The van der Waals surface area contributed by atoms with Crippen molar-refractivity contribution in [3.05, 3.63) is 16.3 Å². The maximum Gasteiger partial charge on any atom is 0.349 e. The average molecular weight is 316 g/mol. The van der Waals surface area contributed by atoms with E-state index in [1.807, 2.05) is 13.0 Å². The van der Waals surface area contributed by atoms with Gasteiger partial charge in [0.1, 0.15) is 16.3 Å². The summed E-state index contributed by atoms with van der Waals surface area (Å²) in [5, 5.41) is 10.3. The number of unbranched alkanes of at least 4 members (excludes halogenated alkanes) is 1. The van der Waals surface area contributed by atoms with E-state index in [1.165, 1.54) is 18.6 Å². The summed E-state index contributed by atoms with van der Waals surface area (Å²) in [4.78, 5) is 11.5. The van der Waals surface area contributed by atoms with Crippen molar-refractivity contribution in [1.29, 1.82) is 5.26 Å². The van der Waals surface area contributed by atoms with Crippen molar-refractivity contribution >= 4 is 27.3 Å². The number of ether oxygens (including phenoxy) is 1. The molecule has 8 heteroatoms. The third kappa shape index (κ3) is 3.56. The van der Waals surface area contributed by atoms with Crippen molar-refractivity contribution in [2.45, 2.75) is 24.7 Å². The summed E-state index contributed by atoms with van der Waals surface area (Å²) in [6.07, 6.45) is 1.46. The molecular formula is C12H16N2O4S2. The van der Waals surface area contributed by atoms with Crippen LogP contribution in [-0.4, -0.2) is 38.9 Å². The fourth-order valence-corrected chi connectivity index (χ4v) is 4.26. The summed E-state index contributed by atoms with van der Waals surface area (Å²) in [7, 11) is -2.66. The van der Waals surface area contributed by atoms with Gasteiger partial charge in [0.2, 0.25) is 10.0 Å². The minimum atomic E-state index is -3.86. The quantitative estimate of drug-likeness (QED) is 0.566. The monoisotopic (exact) mass is 316 g/mol. The van der Waals surface area contributed by atoms with Crippen molar-refractivity contribution in [2.75, 3.05) is 20.2 Å². The van der Waals surface area contributed by atoms with Gasteiger partial charge in [0.15, 0.2) is 0 Å². The van der Waals surface area contributed by atoms with Crippen LogP contribution in [0.5, 0.6) is 0 Å². The first-order chi connectivity index (χ1) is 9.48. The highest BCUT2D eigenvalue weighted by Gasteiger charge is 2.30. The van der Waals surface area contributed by atoms with Gasteiger partial charge in [0.25, 0.3) is 0 Å². The number of methoxy groups -OCH3 is 1. The number of esters is 1. The van der Waals surface area contributed by atoms with Crippen LogP contribution in [0.25, 0.3) is 0 Å².